The zero-order chi connectivity index (χ0) is 20.5. The third kappa shape index (κ3) is 7.30. The Bertz CT molecular complexity index is 796. The van der Waals surface area contributed by atoms with Crippen molar-refractivity contribution in [3.05, 3.63) is 54.0 Å². The zero-order valence-corrected chi connectivity index (χ0v) is 19.9. The van der Waals surface area contributed by atoms with Crippen molar-refractivity contribution in [1.29, 1.82) is 0 Å². The highest BCUT2D eigenvalue weighted by Gasteiger charge is 2.13. The topological polar surface area (TPSA) is 61.8 Å². The highest BCUT2D eigenvalue weighted by atomic mass is 127. The average molecular weight is 527 g/mol. The standard InChI is InChI=1S/C22H30FN5O.HI/c1-3-24-22(26-14-17(2)29-20-9-5-4-8-19(20)23)27-16-18-10-11-21(25-15-18)28-12-6-7-13-28;/h4-5,8-11,15,17H,3,6-7,12-14,16H2,1-2H3,(H2,24,26,27);1H. The molecule has 1 atom stereocenters. The van der Waals surface area contributed by atoms with Crippen LogP contribution in [0, 0.1) is 5.82 Å². The van der Waals surface area contributed by atoms with Crippen molar-refractivity contribution in [3.8, 4) is 5.75 Å². The summed E-state index contributed by atoms with van der Waals surface area (Å²) in [5.74, 6) is 1.64. The Hall–Kier alpha value is -2.10. The first-order valence-electron chi connectivity index (χ1n) is 10.3. The molecule has 0 saturated carbocycles. The van der Waals surface area contributed by atoms with Crippen LogP contribution >= 0.6 is 24.0 Å². The summed E-state index contributed by atoms with van der Waals surface area (Å²) in [5, 5.41) is 6.47. The van der Waals surface area contributed by atoms with Crippen molar-refractivity contribution in [2.75, 3.05) is 31.1 Å². The van der Waals surface area contributed by atoms with E-state index in [1.807, 2.05) is 20.0 Å². The normalized spacial score (nSPS) is 14.8. The number of rotatable bonds is 8. The van der Waals surface area contributed by atoms with E-state index in [0.29, 0.717) is 19.0 Å². The predicted octanol–water partition coefficient (Wildman–Crippen LogP) is 3.96. The van der Waals surface area contributed by atoms with Gasteiger partial charge in [0.15, 0.2) is 17.5 Å². The molecule has 1 aliphatic heterocycles. The lowest BCUT2D eigenvalue weighted by Crippen LogP contribution is -2.41. The number of pyridine rings is 1. The Morgan fingerprint density at radius 2 is 1.97 bits per heavy atom. The maximum atomic E-state index is 13.7. The van der Waals surface area contributed by atoms with Crippen molar-refractivity contribution >= 4 is 35.8 Å². The van der Waals surface area contributed by atoms with Crippen molar-refractivity contribution in [1.82, 2.24) is 15.6 Å². The quantitative estimate of drug-likeness (QED) is 0.309. The summed E-state index contributed by atoms with van der Waals surface area (Å²) in [6.45, 7) is 7.88. The molecule has 1 fully saturated rings. The van der Waals surface area contributed by atoms with E-state index in [0.717, 1.165) is 31.0 Å². The molecule has 164 valence electrons. The van der Waals surface area contributed by atoms with Crippen molar-refractivity contribution < 1.29 is 9.13 Å². The molecule has 1 aromatic carbocycles. The number of aliphatic imine (C=N–C) groups is 1. The van der Waals surface area contributed by atoms with Gasteiger partial charge < -0.3 is 20.3 Å². The smallest absolute Gasteiger partial charge is 0.191 e. The van der Waals surface area contributed by atoms with Crippen molar-refractivity contribution in [2.45, 2.75) is 39.3 Å². The van der Waals surface area contributed by atoms with Crippen LogP contribution in [0.5, 0.6) is 5.75 Å². The van der Waals surface area contributed by atoms with Gasteiger partial charge in [0.1, 0.15) is 11.9 Å². The molecule has 0 bridgehead atoms. The first-order valence-corrected chi connectivity index (χ1v) is 10.3. The molecule has 0 amide bonds. The first kappa shape index (κ1) is 24.2. The Balaban J connectivity index is 0.00000320. The molecule has 30 heavy (non-hydrogen) atoms. The summed E-state index contributed by atoms with van der Waals surface area (Å²) < 4.78 is 19.4. The number of hydrogen-bond acceptors (Lipinski definition) is 4. The summed E-state index contributed by atoms with van der Waals surface area (Å²) >= 11 is 0. The van der Waals surface area contributed by atoms with E-state index < -0.39 is 0 Å². The first-order chi connectivity index (χ1) is 14.2. The Morgan fingerprint density at radius 3 is 2.63 bits per heavy atom. The minimum atomic E-state index is -0.357. The van der Waals surface area contributed by atoms with Gasteiger partial charge in [-0.15, -0.1) is 24.0 Å². The highest BCUT2D eigenvalue weighted by molar-refractivity contribution is 14.0. The number of anilines is 1. The van der Waals surface area contributed by atoms with Crippen LogP contribution in [-0.2, 0) is 6.54 Å². The second-order valence-corrected chi connectivity index (χ2v) is 7.15. The number of aromatic nitrogens is 1. The van der Waals surface area contributed by atoms with Gasteiger partial charge in [-0.1, -0.05) is 18.2 Å². The number of benzene rings is 1. The summed E-state index contributed by atoms with van der Waals surface area (Å²) in [6, 6.07) is 10.6. The summed E-state index contributed by atoms with van der Waals surface area (Å²) in [6.07, 6.45) is 4.16. The van der Waals surface area contributed by atoms with Crippen LogP contribution in [0.3, 0.4) is 0 Å². The molecule has 8 heteroatoms. The van der Waals surface area contributed by atoms with Gasteiger partial charge in [0.2, 0.25) is 0 Å². The minimum absolute atomic E-state index is 0. The van der Waals surface area contributed by atoms with Crippen LogP contribution in [0.2, 0.25) is 0 Å². The Morgan fingerprint density at radius 1 is 1.20 bits per heavy atom. The fourth-order valence-electron chi connectivity index (χ4n) is 3.19. The van der Waals surface area contributed by atoms with Gasteiger partial charge in [-0.25, -0.2) is 14.4 Å². The predicted molar refractivity (Wildman–Crippen MR) is 130 cm³/mol. The molecule has 6 nitrogen and oxygen atoms in total. The lowest BCUT2D eigenvalue weighted by atomic mass is 10.3. The molecule has 1 saturated heterocycles. The molecule has 1 aliphatic rings. The second kappa shape index (κ2) is 12.6. The Kier molecular flexibility index (Phi) is 10.1. The van der Waals surface area contributed by atoms with Gasteiger partial charge in [-0.3, -0.25) is 0 Å². The largest absolute Gasteiger partial charge is 0.486 e. The van der Waals surface area contributed by atoms with E-state index in [2.05, 4.69) is 37.6 Å². The van der Waals surface area contributed by atoms with Crippen LogP contribution < -0.4 is 20.3 Å². The van der Waals surface area contributed by atoms with E-state index in [9.17, 15) is 4.39 Å². The van der Waals surface area contributed by atoms with Gasteiger partial charge in [-0.2, -0.15) is 0 Å². The number of para-hydroxylation sites is 1. The van der Waals surface area contributed by atoms with E-state index >= 15 is 0 Å². The third-order valence-electron chi connectivity index (χ3n) is 4.72. The minimum Gasteiger partial charge on any atom is -0.486 e. The fourth-order valence-corrected chi connectivity index (χ4v) is 3.19. The monoisotopic (exact) mass is 527 g/mol. The number of halogens is 2. The van der Waals surface area contributed by atoms with E-state index in [4.69, 9.17) is 4.74 Å². The molecular formula is C22H31FIN5O. The third-order valence-corrected chi connectivity index (χ3v) is 4.72. The summed E-state index contributed by atoms with van der Waals surface area (Å²) in [4.78, 5) is 11.5. The molecule has 0 radical (unpaired) electrons. The van der Waals surface area contributed by atoms with Gasteiger partial charge in [0.25, 0.3) is 0 Å². The SMILES string of the molecule is CCNC(=NCc1ccc(N2CCCC2)nc1)NCC(C)Oc1ccccc1F.I. The number of nitrogens with one attached hydrogen (secondary N) is 2. The fraction of sp³-hybridized carbons (Fsp3) is 0.455. The molecule has 0 spiro atoms. The van der Waals surface area contributed by atoms with E-state index in [-0.39, 0.29) is 41.6 Å². The van der Waals surface area contributed by atoms with Crippen LogP contribution in [0.4, 0.5) is 10.2 Å². The number of hydrogen-bond donors (Lipinski definition) is 2. The maximum Gasteiger partial charge on any atom is 0.191 e. The van der Waals surface area contributed by atoms with Gasteiger partial charge >= 0.3 is 0 Å². The van der Waals surface area contributed by atoms with Crippen molar-refractivity contribution in [3.63, 3.8) is 0 Å². The molecule has 2 heterocycles. The van der Waals surface area contributed by atoms with Gasteiger partial charge in [0, 0.05) is 25.8 Å². The van der Waals surface area contributed by atoms with E-state index in [1.165, 1.54) is 18.9 Å². The van der Waals surface area contributed by atoms with Crippen LogP contribution in [0.25, 0.3) is 0 Å². The zero-order valence-electron chi connectivity index (χ0n) is 17.6. The lowest BCUT2D eigenvalue weighted by Gasteiger charge is -2.18. The molecule has 1 unspecified atom stereocenters. The lowest BCUT2D eigenvalue weighted by molar-refractivity contribution is 0.214. The van der Waals surface area contributed by atoms with E-state index in [1.54, 1.807) is 18.2 Å². The number of ether oxygens (including phenoxy) is 1. The summed E-state index contributed by atoms with van der Waals surface area (Å²) in [5.41, 5.74) is 1.06. The molecule has 3 rings (SSSR count). The maximum absolute atomic E-state index is 13.7. The molecule has 2 N–H and O–H groups in total. The van der Waals surface area contributed by atoms with Crippen LogP contribution in [0.1, 0.15) is 32.3 Å². The van der Waals surface area contributed by atoms with Gasteiger partial charge in [0.05, 0.1) is 13.1 Å². The van der Waals surface area contributed by atoms with Crippen molar-refractivity contribution in [2.24, 2.45) is 4.99 Å². The second-order valence-electron chi connectivity index (χ2n) is 7.15. The van der Waals surface area contributed by atoms with Crippen LogP contribution in [-0.4, -0.2) is 43.2 Å². The molecule has 0 aliphatic carbocycles. The summed E-state index contributed by atoms with van der Waals surface area (Å²) in [7, 11) is 0. The van der Waals surface area contributed by atoms with Gasteiger partial charge in [-0.05, 0) is 50.5 Å². The molecule has 2 aromatic rings. The number of guanidine groups is 1. The van der Waals surface area contributed by atoms with Crippen LogP contribution in [0.15, 0.2) is 47.6 Å². The molecular weight excluding hydrogens is 496 g/mol. The molecule has 1 aromatic heterocycles. The highest BCUT2D eigenvalue weighted by Crippen LogP contribution is 2.18. The average Bonchev–Trinajstić information content (AvgIpc) is 3.27. The number of nitrogens with zero attached hydrogens (tertiary/aromatic N) is 3. The Labute approximate surface area is 195 Å².